The average molecular weight is 251 g/mol. The molecule has 0 aliphatic heterocycles. The van der Waals surface area contributed by atoms with Crippen molar-refractivity contribution >= 4 is 11.3 Å². The van der Waals surface area contributed by atoms with Gasteiger partial charge in [0.15, 0.2) is 0 Å². The first-order valence-electron chi connectivity index (χ1n) is 7.04. The molecule has 1 N–H and O–H groups in total. The van der Waals surface area contributed by atoms with E-state index in [0.717, 1.165) is 17.8 Å². The Morgan fingerprint density at radius 2 is 2.29 bits per heavy atom. The standard InChI is InChI=1S/C15H25NS/c1-3-7-16-10-13-5-4-12(2)9-15(13)14-6-8-17-11-14/h6,8,11-13,15-16H,3-5,7,9-10H2,1-2H3. The number of thiophene rings is 1. The van der Waals surface area contributed by atoms with Crippen molar-refractivity contribution in [2.75, 3.05) is 13.1 Å². The molecule has 1 fully saturated rings. The highest BCUT2D eigenvalue weighted by Crippen LogP contribution is 2.40. The van der Waals surface area contributed by atoms with Crippen LogP contribution in [0, 0.1) is 11.8 Å². The maximum atomic E-state index is 3.61. The second-order valence-corrected chi connectivity index (χ2v) is 6.33. The lowest BCUT2D eigenvalue weighted by Crippen LogP contribution is -2.31. The molecule has 0 bridgehead atoms. The fraction of sp³-hybridized carbons (Fsp3) is 0.733. The molecule has 1 aliphatic carbocycles. The predicted molar refractivity (Wildman–Crippen MR) is 76.7 cm³/mol. The van der Waals surface area contributed by atoms with Crippen molar-refractivity contribution in [1.82, 2.24) is 5.32 Å². The molecule has 0 radical (unpaired) electrons. The molecule has 0 aromatic carbocycles. The number of nitrogens with one attached hydrogen (secondary N) is 1. The molecule has 1 aromatic heterocycles. The third-order valence-electron chi connectivity index (χ3n) is 4.06. The summed E-state index contributed by atoms with van der Waals surface area (Å²) in [6, 6.07) is 2.33. The fourth-order valence-corrected chi connectivity index (χ4v) is 3.77. The summed E-state index contributed by atoms with van der Waals surface area (Å²) < 4.78 is 0. The zero-order valence-corrected chi connectivity index (χ0v) is 11.9. The van der Waals surface area contributed by atoms with Gasteiger partial charge in [0, 0.05) is 0 Å². The second-order valence-electron chi connectivity index (χ2n) is 5.55. The van der Waals surface area contributed by atoms with Gasteiger partial charge in [-0.15, -0.1) is 0 Å². The van der Waals surface area contributed by atoms with Gasteiger partial charge in [-0.2, -0.15) is 11.3 Å². The monoisotopic (exact) mass is 251 g/mol. The first kappa shape index (κ1) is 13.1. The van der Waals surface area contributed by atoms with E-state index in [-0.39, 0.29) is 0 Å². The van der Waals surface area contributed by atoms with E-state index in [9.17, 15) is 0 Å². The Morgan fingerprint density at radius 3 is 3.00 bits per heavy atom. The van der Waals surface area contributed by atoms with Gasteiger partial charge in [-0.1, -0.05) is 20.3 Å². The largest absolute Gasteiger partial charge is 0.316 e. The van der Waals surface area contributed by atoms with Crippen LogP contribution in [0.25, 0.3) is 0 Å². The van der Waals surface area contributed by atoms with Gasteiger partial charge in [0.2, 0.25) is 0 Å². The van der Waals surface area contributed by atoms with Crippen molar-refractivity contribution in [1.29, 1.82) is 0 Å². The second kappa shape index (κ2) is 6.55. The smallest absolute Gasteiger partial charge is 0.00147 e. The Morgan fingerprint density at radius 1 is 1.41 bits per heavy atom. The number of hydrogen-bond acceptors (Lipinski definition) is 2. The molecule has 1 heterocycles. The third-order valence-corrected chi connectivity index (χ3v) is 4.76. The molecule has 3 atom stereocenters. The Bertz CT molecular complexity index is 307. The minimum absolute atomic E-state index is 0.800. The van der Waals surface area contributed by atoms with Gasteiger partial charge < -0.3 is 5.32 Å². The summed E-state index contributed by atoms with van der Waals surface area (Å²) >= 11 is 1.84. The molecule has 0 spiro atoms. The zero-order valence-electron chi connectivity index (χ0n) is 11.1. The topological polar surface area (TPSA) is 12.0 Å². The Labute approximate surface area is 110 Å². The first-order chi connectivity index (χ1) is 8.31. The van der Waals surface area contributed by atoms with Gasteiger partial charge in [0.25, 0.3) is 0 Å². The fourth-order valence-electron chi connectivity index (χ4n) is 3.05. The summed E-state index contributed by atoms with van der Waals surface area (Å²) in [5.41, 5.74) is 1.59. The molecule has 17 heavy (non-hydrogen) atoms. The van der Waals surface area contributed by atoms with Crippen LogP contribution in [0.1, 0.15) is 51.0 Å². The van der Waals surface area contributed by atoms with Crippen LogP contribution in [0.3, 0.4) is 0 Å². The van der Waals surface area contributed by atoms with Crippen molar-refractivity contribution in [3.05, 3.63) is 22.4 Å². The molecule has 0 amide bonds. The Kier molecular flexibility index (Phi) is 5.05. The summed E-state index contributed by atoms with van der Waals surface area (Å²) in [5, 5.41) is 8.20. The SMILES string of the molecule is CCCNCC1CCC(C)CC1c1ccsc1. The lowest BCUT2D eigenvalue weighted by atomic mass is 9.72. The highest BCUT2D eigenvalue weighted by molar-refractivity contribution is 7.07. The minimum Gasteiger partial charge on any atom is -0.316 e. The molecule has 0 saturated heterocycles. The van der Waals surface area contributed by atoms with Crippen LogP contribution in [0.15, 0.2) is 16.8 Å². The van der Waals surface area contributed by atoms with E-state index in [2.05, 4.69) is 36.0 Å². The normalized spacial score (nSPS) is 29.4. The van der Waals surface area contributed by atoms with E-state index < -0.39 is 0 Å². The van der Waals surface area contributed by atoms with E-state index in [1.165, 1.54) is 38.8 Å². The molecule has 1 nitrogen and oxygen atoms in total. The summed E-state index contributed by atoms with van der Waals surface area (Å²) in [6.07, 6.45) is 5.44. The quantitative estimate of drug-likeness (QED) is 0.771. The third kappa shape index (κ3) is 3.56. The van der Waals surface area contributed by atoms with Crippen molar-refractivity contribution in [2.24, 2.45) is 11.8 Å². The van der Waals surface area contributed by atoms with Gasteiger partial charge >= 0.3 is 0 Å². The predicted octanol–water partition coefficient (Wildman–Crippen LogP) is 4.27. The van der Waals surface area contributed by atoms with E-state index in [4.69, 9.17) is 0 Å². The van der Waals surface area contributed by atoms with E-state index >= 15 is 0 Å². The molecular weight excluding hydrogens is 226 g/mol. The number of hydrogen-bond donors (Lipinski definition) is 1. The van der Waals surface area contributed by atoms with Crippen LogP contribution in [0.2, 0.25) is 0 Å². The van der Waals surface area contributed by atoms with Crippen LogP contribution < -0.4 is 5.32 Å². The maximum absolute atomic E-state index is 3.61. The highest BCUT2D eigenvalue weighted by atomic mass is 32.1. The van der Waals surface area contributed by atoms with E-state index in [1.54, 1.807) is 5.56 Å². The lowest BCUT2D eigenvalue weighted by molar-refractivity contribution is 0.242. The Hall–Kier alpha value is -0.340. The maximum Gasteiger partial charge on any atom is -0.00147 e. The van der Waals surface area contributed by atoms with Crippen LogP contribution in [0.4, 0.5) is 0 Å². The lowest BCUT2D eigenvalue weighted by Gasteiger charge is -2.35. The summed E-state index contributed by atoms with van der Waals surface area (Å²) in [7, 11) is 0. The number of rotatable bonds is 5. The highest BCUT2D eigenvalue weighted by Gasteiger charge is 2.29. The van der Waals surface area contributed by atoms with Crippen LogP contribution in [-0.2, 0) is 0 Å². The van der Waals surface area contributed by atoms with Gasteiger partial charge in [0.05, 0.1) is 0 Å². The van der Waals surface area contributed by atoms with E-state index in [1.807, 2.05) is 11.3 Å². The molecule has 1 aliphatic rings. The van der Waals surface area contributed by atoms with Gasteiger partial charge in [-0.3, -0.25) is 0 Å². The van der Waals surface area contributed by atoms with Crippen molar-refractivity contribution in [3.63, 3.8) is 0 Å². The molecule has 2 heteroatoms. The van der Waals surface area contributed by atoms with Crippen molar-refractivity contribution < 1.29 is 0 Å². The Balaban J connectivity index is 1.96. The molecule has 2 rings (SSSR count). The van der Waals surface area contributed by atoms with Gasteiger partial charge in [-0.05, 0) is 72.5 Å². The average Bonchev–Trinajstić information content (AvgIpc) is 2.85. The van der Waals surface area contributed by atoms with Crippen LogP contribution in [-0.4, -0.2) is 13.1 Å². The molecular formula is C15H25NS. The van der Waals surface area contributed by atoms with Crippen LogP contribution in [0.5, 0.6) is 0 Å². The summed E-state index contributed by atoms with van der Waals surface area (Å²) in [6.45, 7) is 7.03. The van der Waals surface area contributed by atoms with Gasteiger partial charge in [-0.25, -0.2) is 0 Å². The zero-order chi connectivity index (χ0) is 12.1. The van der Waals surface area contributed by atoms with E-state index in [0.29, 0.717) is 0 Å². The van der Waals surface area contributed by atoms with Crippen LogP contribution >= 0.6 is 11.3 Å². The molecule has 1 saturated carbocycles. The van der Waals surface area contributed by atoms with Crippen molar-refractivity contribution in [3.8, 4) is 0 Å². The van der Waals surface area contributed by atoms with Crippen molar-refractivity contribution in [2.45, 2.75) is 45.4 Å². The summed E-state index contributed by atoms with van der Waals surface area (Å²) in [4.78, 5) is 0. The molecule has 3 unspecified atom stereocenters. The molecule has 96 valence electrons. The molecule has 1 aromatic rings. The van der Waals surface area contributed by atoms with Gasteiger partial charge in [0.1, 0.15) is 0 Å². The minimum atomic E-state index is 0.800. The summed E-state index contributed by atoms with van der Waals surface area (Å²) in [5.74, 6) is 2.56. The first-order valence-corrected chi connectivity index (χ1v) is 7.98.